The molecule has 0 atom stereocenters. The Kier molecular flexibility index (Phi) is 4.04. The van der Waals surface area contributed by atoms with Gasteiger partial charge in [0, 0.05) is 24.2 Å². The number of aryl methyl sites for hydroxylation is 1. The van der Waals surface area contributed by atoms with E-state index in [4.69, 9.17) is 9.52 Å². The summed E-state index contributed by atoms with van der Waals surface area (Å²) < 4.78 is 5.43. The standard InChI is InChI=1S/C18H16N2O4/c1-11-15(18(22)23)9-12(24-11)10-20(2)17(21)14-5-3-7-16-13(14)6-4-8-19-16/h3-9H,10H2,1-2H3,(H,22,23). The van der Waals surface area contributed by atoms with Gasteiger partial charge in [-0.2, -0.15) is 0 Å². The van der Waals surface area contributed by atoms with Crippen LogP contribution in [0.5, 0.6) is 0 Å². The maximum absolute atomic E-state index is 12.7. The van der Waals surface area contributed by atoms with Gasteiger partial charge in [0.05, 0.1) is 12.1 Å². The second-order valence-electron chi connectivity index (χ2n) is 5.52. The fourth-order valence-corrected chi connectivity index (χ4v) is 2.63. The van der Waals surface area contributed by atoms with Crippen LogP contribution in [0.1, 0.15) is 32.2 Å². The Labute approximate surface area is 138 Å². The Hall–Kier alpha value is -3.15. The van der Waals surface area contributed by atoms with E-state index in [1.165, 1.54) is 11.0 Å². The average molecular weight is 324 g/mol. The van der Waals surface area contributed by atoms with E-state index in [-0.39, 0.29) is 18.0 Å². The summed E-state index contributed by atoms with van der Waals surface area (Å²) >= 11 is 0. The minimum Gasteiger partial charge on any atom is -0.478 e. The number of hydrogen-bond donors (Lipinski definition) is 1. The number of aromatic carboxylic acids is 1. The zero-order valence-corrected chi connectivity index (χ0v) is 13.3. The van der Waals surface area contributed by atoms with Gasteiger partial charge in [-0.05, 0) is 31.2 Å². The SMILES string of the molecule is Cc1oc(CN(C)C(=O)c2cccc3ncccc23)cc1C(=O)O. The minimum atomic E-state index is -1.04. The fraction of sp³-hybridized carbons (Fsp3) is 0.167. The van der Waals surface area contributed by atoms with Crippen molar-refractivity contribution in [2.45, 2.75) is 13.5 Å². The van der Waals surface area contributed by atoms with E-state index in [0.29, 0.717) is 17.1 Å². The maximum atomic E-state index is 12.7. The molecule has 1 N–H and O–H groups in total. The van der Waals surface area contributed by atoms with E-state index < -0.39 is 5.97 Å². The van der Waals surface area contributed by atoms with E-state index >= 15 is 0 Å². The van der Waals surface area contributed by atoms with Crippen molar-refractivity contribution >= 4 is 22.8 Å². The molecule has 0 unspecified atom stereocenters. The van der Waals surface area contributed by atoms with Crippen molar-refractivity contribution in [3.63, 3.8) is 0 Å². The third-order valence-corrected chi connectivity index (χ3v) is 3.82. The highest BCUT2D eigenvalue weighted by atomic mass is 16.4. The number of furan rings is 1. The Morgan fingerprint density at radius 3 is 2.71 bits per heavy atom. The van der Waals surface area contributed by atoms with Crippen LogP contribution in [-0.4, -0.2) is 33.9 Å². The number of amides is 1. The van der Waals surface area contributed by atoms with Gasteiger partial charge in [0.2, 0.25) is 0 Å². The summed E-state index contributed by atoms with van der Waals surface area (Å²) in [6.07, 6.45) is 1.68. The molecule has 0 saturated carbocycles. The molecule has 0 radical (unpaired) electrons. The van der Waals surface area contributed by atoms with Crippen LogP contribution in [0.25, 0.3) is 10.9 Å². The van der Waals surface area contributed by atoms with Gasteiger partial charge >= 0.3 is 5.97 Å². The molecule has 6 heteroatoms. The molecule has 0 spiro atoms. The molecule has 24 heavy (non-hydrogen) atoms. The predicted octanol–water partition coefficient (Wildman–Crippen LogP) is 3.11. The quantitative estimate of drug-likeness (QED) is 0.797. The predicted molar refractivity (Wildman–Crippen MR) is 87.9 cm³/mol. The highest BCUT2D eigenvalue weighted by molar-refractivity contribution is 6.06. The summed E-state index contributed by atoms with van der Waals surface area (Å²) in [7, 11) is 1.65. The molecule has 0 aliphatic rings. The van der Waals surface area contributed by atoms with Gasteiger partial charge < -0.3 is 14.4 Å². The summed E-state index contributed by atoms with van der Waals surface area (Å²) in [4.78, 5) is 29.5. The average Bonchev–Trinajstić information content (AvgIpc) is 2.94. The first-order valence-corrected chi connectivity index (χ1v) is 7.39. The number of carboxylic acids is 1. The number of aromatic nitrogens is 1. The normalized spacial score (nSPS) is 10.8. The van der Waals surface area contributed by atoms with Gasteiger partial charge in [-0.3, -0.25) is 9.78 Å². The van der Waals surface area contributed by atoms with Crippen LogP contribution in [0.4, 0.5) is 0 Å². The summed E-state index contributed by atoms with van der Waals surface area (Å²) in [5.41, 5.74) is 1.41. The number of carboxylic acid groups (broad SMARTS) is 1. The lowest BCUT2D eigenvalue weighted by atomic mass is 10.1. The molecular formula is C18H16N2O4. The topological polar surface area (TPSA) is 83.6 Å². The smallest absolute Gasteiger partial charge is 0.339 e. The monoisotopic (exact) mass is 324 g/mol. The van der Waals surface area contributed by atoms with Crippen LogP contribution < -0.4 is 0 Å². The molecule has 1 aromatic carbocycles. The molecular weight excluding hydrogens is 308 g/mol. The van der Waals surface area contributed by atoms with E-state index in [2.05, 4.69) is 4.98 Å². The van der Waals surface area contributed by atoms with Crippen LogP contribution in [0.2, 0.25) is 0 Å². The number of nitrogens with zero attached hydrogens (tertiary/aromatic N) is 2. The van der Waals surface area contributed by atoms with Crippen molar-refractivity contribution in [2.24, 2.45) is 0 Å². The molecule has 2 heterocycles. The second-order valence-corrected chi connectivity index (χ2v) is 5.52. The van der Waals surface area contributed by atoms with Crippen LogP contribution in [0.3, 0.4) is 0 Å². The summed E-state index contributed by atoms with van der Waals surface area (Å²) in [6.45, 7) is 1.77. The molecule has 3 rings (SSSR count). The van der Waals surface area contributed by atoms with Crippen LogP contribution in [0.15, 0.2) is 47.0 Å². The van der Waals surface area contributed by atoms with Crippen molar-refractivity contribution in [1.29, 1.82) is 0 Å². The first kappa shape index (κ1) is 15.7. The van der Waals surface area contributed by atoms with Gasteiger partial charge in [0.25, 0.3) is 5.91 Å². The molecule has 0 saturated heterocycles. The zero-order chi connectivity index (χ0) is 17.3. The van der Waals surface area contributed by atoms with E-state index in [1.807, 2.05) is 12.1 Å². The number of fused-ring (bicyclic) bond motifs is 1. The number of carbonyl (C=O) groups excluding carboxylic acids is 1. The van der Waals surface area contributed by atoms with Crippen molar-refractivity contribution in [3.8, 4) is 0 Å². The molecule has 122 valence electrons. The van der Waals surface area contributed by atoms with Crippen LogP contribution >= 0.6 is 0 Å². The Bertz CT molecular complexity index is 924. The van der Waals surface area contributed by atoms with E-state index in [9.17, 15) is 9.59 Å². The van der Waals surface area contributed by atoms with Crippen molar-refractivity contribution < 1.29 is 19.1 Å². The summed E-state index contributed by atoms with van der Waals surface area (Å²) in [5.74, 6) is -0.469. The number of rotatable bonds is 4. The van der Waals surface area contributed by atoms with Crippen LogP contribution in [-0.2, 0) is 6.54 Å². The van der Waals surface area contributed by atoms with Gasteiger partial charge in [-0.25, -0.2) is 4.79 Å². The number of hydrogen-bond acceptors (Lipinski definition) is 4. The zero-order valence-electron chi connectivity index (χ0n) is 13.3. The van der Waals surface area contributed by atoms with Crippen LogP contribution in [0, 0.1) is 6.92 Å². The lowest BCUT2D eigenvalue weighted by Crippen LogP contribution is -2.26. The molecule has 2 aromatic heterocycles. The molecule has 0 aliphatic carbocycles. The van der Waals surface area contributed by atoms with Crippen molar-refractivity contribution in [3.05, 3.63) is 65.2 Å². The fourth-order valence-electron chi connectivity index (χ4n) is 2.63. The van der Waals surface area contributed by atoms with Gasteiger partial charge in [0.1, 0.15) is 17.1 Å². The second kappa shape index (κ2) is 6.16. The highest BCUT2D eigenvalue weighted by Gasteiger charge is 2.19. The molecule has 0 fully saturated rings. The number of pyridine rings is 1. The molecule has 0 bridgehead atoms. The van der Waals surface area contributed by atoms with Crippen molar-refractivity contribution in [2.75, 3.05) is 7.05 Å². The van der Waals surface area contributed by atoms with Gasteiger partial charge in [-0.1, -0.05) is 12.1 Å². The van der Waals surface area contributed by atoms with Gasteiger partial charge in [-0.15, -0.1) is 0 Å². The molecule has 3 aromatic rings. The first-order valence-electron chi connectivity index (χ1n) is 7.39. The van der Waals surface area contributed by atoms with Gasteiger partial charge in [0.15, 0.2) is 0 Å². The first-order chi connectivity index (χ1) is 11.5. The van der Waals surface area contributed by atoms with E-state index in [0.717, 1.165) is 10.9 Å². The lowest BCUT2D eigenvalue weighted by molar-refractivity contribution is 0.0694. The number of benzene rings is 1. The minimum absolute atomic E-state index is 0.111. The highest BCUT2D eigenvalue weighted by Crippen LogP contribution is 2.20. The largest absolute Gasteiger partial charge is 0.478 e. The molecule has 1 amide bonds. The molecule has 6 nitrogen and oxygen atoms in total. The number of carbonyl (C=O) groups is 2. The third-order valence-electron chi connectivity index (χ3n) is 3.82. The maximum Gasteiger partial charge on any atom is 0.339 e. The summed E-state index contributed by atoms with van der Waals surface area (Å²) in [5, 5.41) is 9.85. The Morgan fingerprint density at radius 1 is 1.21 bits per heavy atom. The summed E-state index contributed by atoms with van der Waals surface area (Å²) in [6, 6.07) is 10.5. The van der Waals surface area contributed by atoms with E-state index in [1.54, 1.807) is 38.4 Å². The Balaban J connectivity index is 1.87. The van der Waals surface area contributed by atoms with Crippen molar-refractivity contribution in [1.82, 2.24) is 9.88 Å². The lowest BCUT2D eigenvalue weighted by Gasteiger charge is -2.16. The Morgan fingerprint density at radius 2 is 2.00 bits per heavy atom. The third kappa shape index (κ3) is 2.86. The molecule has 0 aliphatic heterocycles.